The summed E-state index contributed by atoms with van der Waals surface area (Å²) in [5.41, 5.74) is 7.51. The standard InChI is InChI=1S/C15H15N3O3/c1-21-15(20)11-3-2-4-12(14(11)16)18-13(19)9-10-5-7-17-8-6-10/h2-8H,9,16H2,1H3,(H,18,19). The molecule has 3 N–H and O–H groups in total. The van der Waals surface area contributed by atoms with E-state index in [2.05, 4.69) is 15.0 Å². The molecule has 0 fully saturated rings. The first-order valence-corrected chi connectivity index (χ1v) is 6.27. The quantitative estimate of drug-likeness (QED) is 0.657. The van der Waals surface area contributed by atoms with E-state index < -0.39 is 5.97 Å². The SMILES string of the molecule is COC(=O)c1cccc(NC(=O)Cc2ccncc2)c1N. The summed E-state index contributed by atoms with van der Waals surface area (Å²) in [7, 11) is 1.27. The van der Waals surface area contributed by atoms with Crippen LogP contribution in [0.15, 0.2) is 42.7 Å². The van der Waals surface area contributed by atoms with E-state index in [1.165, 1.54) is 7.11 Å². The minimum absolute atomic E-state index is 0.187. The third kappa shape index (κ3) is 3.56. The monoisotopic (exact) mass is 285 g/mol. The summed E-state index contributed by atoms with van der Waals surface area (Å²) in [6.45, 7) is 0. The van der Waals surface area contributed by atoms with Gasteiger partial charge in [0.15, 0.2) is 0 Å². The van der Waals surface area contributed by atoms with Gasteiger partial charge in [0.2, 0.25) is 5.91 Å². The molecule has 21 heavy (non-hydrogen) atoms. The van der Waals surface area contributed by atoms with Gasteiger partial charge in [-0.15, -0.1) is 0 Å². The molecule has 0 saturated carbocycles. The Morgan fingerprint density at radius 1 is 1.24 bits per heavy atom. The topological polar surface area (TPSA) is 94.3 Å². The van der Waals surface area contributed by atoms with Crippen LogP contribution in [0.3, 0.4) is 0 Å². The minimum atomic E-state index is -0.544. The molecule has 1 aromatic carbocycles. The summed E-state index contributed by atoms with van der Waals surface area (Å²) >= 11 is 0. The van der Waals surface area contributed by atoms with Gasteiger partial charge < -0.3 is 15.8 Å². The molecule has 2 rings (SSSR count). The minimum Gasteiger partial charge on any atom is -0.465 e. The molecule has 0 bridgehead atoms. The fraction of sp³-hybridized carbons (Fsp3) is 0.133. The van der Waals surface area contributed by atoms with E-state index in [0.717, 1.165) is 5.56 Å². The third-order valence-corrected chi connectivity index (χ3v) is 2.90. The van der Waals surface area contributed by atoms with Gasteiger partial charge in [0, 0.05) is 12.4 Å². The van der Waals surface area contributed by atoms with E-state index in [4.69, 9.17) is 5.73 Å². The number of nitrogens with two attached hydrogens (primary N) is 1. The molecular weight excluding hydrogens is 270 g/mol. The number of nitrogens with zero attached hydrogens (tertiary/aromatic N) is 1. The van der Waals surface area contributed by atoms with Crippen molar-refractivity contribution in [1.82, 2.24) is 4.98 Å². The van der Waals surface area contributed by atoms with E-state index in [0.29, 0.717) is 5.69 Å². The molecule has 0 unspecified atom stereocenters. The van der Waals surface area contributed by atoms with E-state index in [1.54, 1.807) is 42.7 Å². The van der Waals surface area contributed by atoms with E-state index >= 15 is 0 Å². The number of carbonyl (C=O) groups excluding carboxylic acids is 2. The zero-order valence-electron chi connectivity index (χ0n) is 11.5. The molecule has 6 heteroatoms. The van der Waals surface area contributed by atoms with Crippen LogP contribution in [0, 0.1) is 0 Å². The summed E-state index contributed by atoms with van der Waals surface area (Å²) in [5.74, 6) is -0.771. The van der Waals surface area contributed by atoms with Crippen LogP contribution in [0.25, 0.3) is 0 Å². The van der Waals surface area contributed by atoms with Crippen LogP contribution in [0.5, 0.6) is 0 Å². The number of hydrogen-bond acceptors (Lipinski definition) is 5. The second-order valence-corrected chi connectivity index (χ2v) is 4.34. The molecule has 0 aliphatic heterocycles. The van der Waals surface area contributed by atoms with E-state index in [9.17, 15) is 9.59 Å². The molecule has 6 nitrogen and oxygen atoms in total. The van der Waals surface area contributed by atoms with Crippen LogP contribution < -0.4 is 11.1 Å². The largest absolute Gasteiger partial charge is 0.465 e. The van der Waals surface area contributed by atoms with Crippen molar-refractivity contribution in [3.05, 3.63) is 53.9 Å². The molecule has 0 saturated heterocycles. The number of benzene rings is 1. The summed E-state index contributed by atoms with van der Waals surface area (Å²) in [6.07, 6.45) is 3.44. The molecule has 1 aromatic heterocycles. The normalized spacial score (nSPS) is 9.95. The van der Waals surface area contributed by atoms with Crippen molar-refractivity contribution in [3.8, 4) is 0 Å². The fourth-order valence-electron chi connectivity index (χ4n) is 1.84. The number of anilines is 2. The number of nitrogens with one attached hydrogen (secondary N) is 1. The number of rotatable bonds is 4. The highest BCUT2D eigenvalue weighted by molar-refractivity contribution is 6.02. The number of pyridine rings is 1. The average molecular weight is 285 g/mol. The Kier molecular flexibility index (Phi) is 4.50. The molecule has 0 atom stereocenters. The molecular formula is C15H15N3O3. The highest BCUT2D eigenvalue weighted by Gasteiger charge is 2.14. The first-order chi connectivity index (χ1) is 10.1. The van der Waals surface area contributed by atoms with Gasteiger partial charge >= 0.3 is 5.97 Å². The number of esters is 1. The van der Waals surface area contributed by atoms with Gasteiger partial charge in [-0.3, -0.25) is 9.78 Å². The molecule has 0 radical (unpaired) electrons. The van der Waals surface area contributed by atoms with Crippen molar-refractivity contribution in [3.63, 3.8) is 0 Å². The summed E-state index contributed by atoms with van der Waals surface area (Å²) < 4.78 is 4.63. The molecule has 1 heterocycles. The number of para-hydroxylation sites is 1. The molecule has 1 amide bonds. The maximum Gasteiger partial charge on any atom is 0.340 e. The van der Waals surface area contributed by atoms with E-state index in [1.807, 2.05) is 0 Å². The Bertz CT molecular complexity index is 656. The van der Waals surface area contributed by atoms with Crippen molar-refractivity contribution in [2.45, 2.75) is 6.42 Å². The second kappa shape index (κ2) is 6.51. The lowest BCUT2D eigenvalue weighted by molar-refractivity contribution is -0.115. The Labute approximate surface area is 121 Å². The van der Waals surface area contributed by atoms with Gasteiger partial charge in [-0.2, -0.15) is 0 Å². The Balaban J connectivity index is 2.13. The first kappa shape index (κ1) is 14.5. The van der Waals surface area contributed by atoms with Crippen LogP contribution in [0.4, 0.5) is 11.4 Å². The number of amides is 1. The fourth-order valence-corrected chi connectivity index (χ4v) is 1.84. The molecule has 0 aliphatic carbocycles. The lowest BCUT2D eigenvalue weighted by atomic mass is 10.1. The van der Waals surface area contributed by atoms with Crippen LogP contribution in [-0.2, 0) is 16.0 Å². The molecule has 2 aromatic rings. The predicted molar refractivity (Wildman–Crippen MR) is 78.8 cm³/mol. The molecule has 0 spiro atoms. The van der Waals surface area contributed by atoms with Crippen molar-refractivity contribution < 1.29 is 14.3 Å². The second-order valence-electron chi connectivity index (χ2n) is 4.34. The number of carbonyl (C=O) groups is 2. The van der Waals surface area contributed by atoms with Crippen molar-refractivity contribution in [1.29, 1.82) is 0 Å². The number of aromatic nitrogens is 1. The van der Waals surface area contributed by atoms with Crippen molar-refractivity contribution in [2.75, 3.05) is 18.2 Å². The highest BCUT2D eigenvalue weighted by Crippen LogP contribution is 2.23. The first-order valence-electron chi connectivity index (χ1n) is 6.27. The lowest BCUT2D eigenvalue weighted by Gasteiger charge is -2.11. The smallest absolute Gasteiger partial charge is 0.340 e. The molecule has 0 aliphatic rings. The number of ether oxygens (including phenoxy) is 1. The van der Waals surface area contributed by atoms with Gasteiger partial charge in [0.05, 0.1) is 30.5 Å². The Hall–Kier alpha value is -2.89. The van der Waals surface area contributed by atoms with Crippen LogP contribution in [0.2, 0.25) is 0 Å². The van der Waals surface area contributed by atoms with Crippen LogP contribution in [0.1, 0.15) is 15.9 Å². The van der Waals surface area contributed by atoms with Gasteiger partial charge in [0.1, 0.15) is 0 Å². The Morgan fingerprint density at radius 2 is 1.95 bits per heavy atom. The van der Waals surface area contributed by atoms with E-state index in [-0.39, 0.29) is 23.6 Å². The number of nitrogen functional groups attached to an aromatic ring is 1. The van der Waals surface area contributed by atoms with Gasteiger partial charge in [-0.1, -0.05) is 6.07 Å². The van der Waals surface area contributed by atoms with Gasteiger partial charge in [-0.25, -0.2) is 4.79 Å². The predicted octanol–water partition coefficient (Wildman–Crippen LogP) is 1.63. The molecule has 108 valence electrons. The third-order valence-electron chi connectivity index (χ3n) is 2.90. The number of methoxy groups -OCH3 is 1. The summed E-state index contributed by atoms with van der Waals surface area (Å²) in [4.78, 5) is 27.4. The van der Waals surface area contributed by atoms with Crippen molar-refractivity contribution >= 4 is 23.3 Å². The highest BCUT2D eigenvalue weighted by atomic mass is 16.5. The summed E-state index contributed by atoms with van der Waals surface area (Å²) in [5, 5.41) is 2.69. The van der Waals surface area contributed by atoms with Crippen LogP contribution >= 0.6 is 0 Å². The zero-order chi connectivity index (χ0) is 15.2. The lowest BCUT2D eigenvalue weighted by Crippen LogP contribution is -2.17. The van der Waals surface area contributed by atoms with Crippen LogP contribution in [-0.4, -0.2) is 24.0 Å². The maximum atomic E-state index is 12.0. The van der Waals surface area contributed by atoms with Crippen molar-refractivity contribution in [2.24, 2.45) is 0 Å². The maximum absolute atomic E-state index is 12.0. The zero-order valence-corrected chi connectivity index (χ0v) is 11.5. The number of hydrogen-bond donors (Lipinski definition) is 2. The van der Waals surface area contributed by atoms with Gasteiger partial charge in [0.25, 0.3) is 0 Å². The summed E-state index contributed by atoms with van der Waals surface area (Å²) in [6, 6.07) is 8.32. The van der Waals surface area contributed by atoms with Gasteiger partial charge in [-0.05, 0) is 29.8 Å². The Morgan fingerprint density at radius 3 is 2.62 bits per heavy atom. The average Bonchev–Trinajstić information content (AvgIpc) is 2.49.